The summed E-state index contributed by atoms with van der Waals surface area (Å²) in [5.74, 6) is 1.70. The third kappa shape index (κ3) is 2.58. The van der Waals surface area contributed by atoms with Crippen molar-refractivity contribution in [3.63, 3.8) is 0 Å². The Labute approximate surface area is 120 Å². The van der Waals surface area contributed by atoms with Crippen LogP contribution in [0.25, 0.3) is 10.8 Å². The number of nitrogens with zero attached hydrogens (tertiary/aromatic N) is 1. The molecule has 1 saturated carbocycles. The molecule has 0 radical (unpaired) electrons. The number of nitrogens with two attached hydrogens (primary N) is 1. The topological polar surface area (TPSA) is 48.1 Å². The number of aromatic nitrogens is 1. The molecule has 0 aliphatic heterocycles. The van der Waals surface area contributed by atoms with E-state index in [1.165, 1.54) is 12.8 Å². The summed E-state index contributed by atoms with van der Waals surface area (Å²) >= 11 is 0. The summed E-state index contributed by atoms with van der Waals surface area (Å²) in [5.41, 5.74) is 7.79. The van der Waals surface area contributed by atoms with Crippen LogP contribution in [0.3, 0.4) is 0 Å². The first-order valence-corrected chi connectivity index (χ1v) is 7.45. The van der Waals surface area contributed by atoms with Gasteiger partial charge < -0.3 is 10.5 Å². The van der Waals surface area contributed by atoms with Crippen LogP contribution in [-0.2, 0) is 0 Å². The van der Waals surface area contributed by atoms with Crippen LogP contribution in [0.1, 0.15) is 38.3 Å². The smallest absolute Gasteiger partial charge is 0.127 e. The maximum absolute atomic E-state index is 6.27. The Kier molecular flexibility index (Phi) is 3.51. The van der Waals surface area contributed by atoms with Gasteiger partial charge in [0.05, 0.1) is 6.10 Å². The average molecular weight is 270 g/mol. The van der Waals surface area contributed by atoms with Crippen molar-refractivity contribution in [2.24, 2.45) is 5.92 Å². The van der Waals surface area contributed by atoms with E-state index in [4.69, 9.17) is 10.5 Å². The fourth-order valence-corrected chi connectivity index (χ4v) is 3.11. The summed E-state index contributed by atoms with van der Waals surface area (Å²) in [6, 6.07) is 5.98. The molecule has 20 heavy (non-hydrogen) atoms. The quantitative estimate of drug-likeness (QED) is 0.836. The zero-order chi connectivity index (χ0) is 14.1. The molecule has 2 N–H and O–H groups in total. The van der Waals surface area contributed by atoms with Gasteiger partial charge in [0.2, 0.25) is 0 Å². The number of benzene rings is 1. The van der Waals surface area contributed by atoms with Gasteiger partial charge in [-0.25, -0.2) is 0 Å². The van der Waals surface area contributed by atoms with E-state index in [1.54, 1.807) is 0 Å². The Bertz CT molecular complexity index is 624. The first kappa shape index (κ1) is 13.2. The van der Waals surface area contributed by atoms with Crippen LogP contribution in [0.15, 0.2) is 24.4 Å². The molecule has 1 aliphatic rings. The molecule has 0 saturated heterocycles. The lowest BCUT2D eigenvalue weighted by atomic mass is 9.88. The Balaban J connectivity index is 1.95. The molecule has 1 aliphatic carbocycles. The van der Waals surface area contributed by atoms with E-state index in [0.717, 1.165) is 46.7 Å². The molecule has 0 amide bonds. The summed E-state index contributed by atoms with van der Waals surface area (Å²) in [6.45, 7) is 4.31. The third-order valence-electron chi connectivity index (χ3n) is 4.21. The van der Waals surface area contributed by atoms with Crippen molar-refractivity contribution in [3.05, 3.63) is 30.1 Å². The minimum atomic E-state index is 0.332. The van der Waals surface area contributed by atoms with Crippen LogP contribution in [0.2, 0.25) is 0 Å². The van der Waals surface area contributed by atoms with Crippen molar-refractivity contribution in [3.8, 4) is 5.75 Å². The van der Waals surface area contributed by atoms with Crippen molar-refractivity contribution < 1.29 is 4.74 Å². The first-order valence-electron chi connectivity index (χ1n) is 7.45. The molecule has 1 aromatic carbocycles. The van der Waals surface area contributed by atoms with E-state index >= 15 is 0 Å². The van der Waals surface area contributed by atoms with Crippen molar-refractivity contribution in [2.45, 2.75) is 45.6 Å². The van der Waals surface area contributed by atoms with Crippen LogP contribution in [0.5, 0.6) is 5.75 Å². The molecular formula is C17H22N2O. The van der Waals surface area contributed by atoms with Crippen LogP contribution in [-0.4, -0.2) is 11.1 Å². The van der Waals surface area contributed by atoms with E-state index < -0.39 is 0 Å². The molecular weight excluding hydrogens is 248 g/mol. The van der Waals surface area contributed by atoms with Gasteiger partial charge in [0.15, 0.2) is 0 Å². The largest absolute Gasteiger partial charge is 0.490 e. The molecule has 2 unspecified atom stereocenters. The van der Waals surface area contributed by atoms with Crippen LogP contribution in [0, 0.1) is 12.8 Å². The number of rotatable bonds is 2. The molecule has 3 nitrogen and oxygen atoms in total. The molecule has 1 fully saturated rings. The highest BCUT2D eigenvalue weighted by Crippen LogP contribution is 2.33. The molecule has 3 rings (SSSR count). The van der Waals surface area contributed by atoms with Gasteiger partial charge in [-0.2, -0.15) is 0 Å². The van der Waals surface area contributed by atoms with Gasteiger partial charge >= 0.3 is 0 Å². The van der Waals surface area contributed by atoms with Crippen LogP contribution >= 0.6 is 0 Å². The Morgan fingerprint density at radius 1 is 1.25 bits per heavy atom. The van der Waals surface area contributed by atoms with E-state index in [9.17, 15) is 0 Å². The molecule has 1 heterocycles. The third-order valence-corrected chi connectivity index (χ3v) is 4.21. The predicted molar refractivity (Wildman–Crippen MR) is 82.9 cm³/mol. The highest BCUT2D eigenvalue weighted by atomic mass is 16.5. The highest BCUT2D eigenvalue weighted by molar-refractivity contribution is 5.96. The second-order valence-corrected chi connectivity index (χ2v) is 6.04. The van der Waals surface area contributed by atoms with E-state index in [-0.39, 0.29) is 0 Å². The fraction of sp³-hybridized carbons (Fsp3) is 0.471. The Hall–Kier alpha value is -1.77. The molecule has 0 bridgehead atoms. The van der Waals surface area contributed by atoms with Gasteiger partial charge in [0.1, 0.15) is 5.75 Å². The minimum Gasteiger partial charge on any atom is -0.490 e. The van der Waals surface area contributed by atoms with Gasteiger partial charge in [-0.1, -0.05) is 13.3 Å². The summed E-state index contributed by atoms with van der Waals surface area (Å²) < 4.78 is 6.27. The molecule has 1 aromatic heterocycles. The van der Waals surface area contributed by atoms with Crippen molar-refractivity contribution >= 4 is 16.5 Å². The number of fused-ring (bicyclic) bond motifs is 1. The van der Waals surface area contributed by atoms with Gasteiger partial charge in [0.25, 0.3) is 0 Å². The zero-order valence-electron chi connectivity index (χ0n) is 12.2. The number of ether oxygens (including phenoxy) is 1. The van der Waals surface area contributed by atoms with Gasteiger partial charge in [-0.05, 0) is 50.3 Å². The summed E-state index contributed by atoms with van der Waals surface area (Å²) in [6.07, 6.45) is 7.07. The average Bonchev–Trinajstić information content (AvgIpc) is 2.42. The number of aryl methyl sites for hydroxylation is 1. The van der Waals surface area contributed by atoms with Gasteiger partial charge in [-0.3, -0.25) is 4.98 Å². The predicted octanol–water partition coefficient (Wildman–Crippen LogP) is 4.08. The van der Waals surface area contributed by atoms with E-state index in [1.807, 2.05) is 25.3 Å². The van der Waals surface area contributed by atoms with E-state index in [0.29, 0.717) is 6.10 Å². The maximum atomic E-state index is 6.27. The molecule has 2 atom stereocenters. The Morgan fingerprint density at radius 3 is 2.90 bits per heavy atom. The summed E-state index contributed by atoms with van der Waals surface area (Å²) in [7, 11) is 0. The minimum absolute atomic E-state index is 0.332. The lowest BCUT2D eigenvalue weighted by molar-refractivity contribution is 0.131. The molecule has 2 aromatic rings. The van der Waals surface area contributed by atoms with Crippen molar-refractivity contribution in [1.82, 2.24) is 4.98 Å². The van der Waals surface area contributed by atoms with Crippen molar-refractivity contribution in [2.75, 3.05) is 5.73 Å². The lowest BCUT2D eigenvalue weighted by Crippen LogP contribution is -2.24. The zero-order valence-corrected chi connectivity index (χ0v) is 12.2. The van der Waals surface area contributed by atoms with E-state index in [2.05, 4.69) is 18.0 Å². The SMILES string of the molecule is Cc1cc2c(OC3CCCC(C)C3)ccc(N)c2cn1. The summed E-state index contributed by atoms with van der Waals surface area (Å²) in [4.78, 5) is 4.33. The van der Waals surface area contributed by atoms with Crippen LogP contribution < -0.4 is 10.5 Å². The number of pyridine rings is 1. The fourth-order valence-electron chi connectivity index (χ4n) is 3.11. The Morgan fingerprint density at radius 2 is 2.10 bits per heavy atom. The molecule has 3 heteroatoms. The van der Waals surface area contributed by atoms with Crippen LogP contribution in [0.4, 0.5) is 5.69 Å². The second-order valence-electron chi connectivity index (χ2n) is 6.04. The first-order chi connectivity index (χ1) is 9.63. The monoisotopic (exact) mass is 270 g/mol. The van der Waals surface area contributed by atoms with Gasteiger partial charge in [0, 0.05) is 28.4 Å². The number of hydrogen-bond donors (Lipinski definition) is 1. The number of anilines is 1. The maximum Gasteiger partial charge on any atom is 0.127 e. The summed E-state index contributed by atoms with van der Waals surface area (Å²) in [5, 5.41) is 2.06. The van der Waals surface area contributed by atoms with Gasteiger partial charge in [-0.15, -0.1) is 0 Å². The standard InChI is InChI=1S/C17H22N2O/c1-11-4-3-5-13(8-11)20-17-7-6-16(18)15-10-19-12(2)9-14(15)17/h6-7,9-11,13H,3-5,8,18H2,1-2H3. The molecule has 0 spiro atoms. The molecule has 106 valence electrons. The normalized spacial score (nSPS) is 22.9. The highest BCUT2D eigenvalue weighted by Gasteiger charge is 2.21. The van der Waals surface area contributed by atoms with Crippen molar-refractivity contribution in [1.29, 1.82) is 0 Å². The number of nitrogen functional groups attached to an aromatic ring is 1. The number of hydrogen-bond acceptors (Lipinski definition) is 3. The lowest BCUT2D eigenvalue weighted by Gasteiger charge is -2.28. The second kappa shape index (κ2) is 5.31.